The normalized spacial score (nSPS) is 10.5. The van der Waals surface area contributed by atoms with Crippen molar-refractivity contribution in [3.8, 4) is 5.75 Å². The van der Waals surface area contributed by atoms with Gasteiger partial charge in [-0.1, -0.05) is 19.1 Å². The Hall–Kier alpha value is -3.16. The molecular weight excluding hydrogens is 352 g/mol. The summed E-state index contributed by atoms with van der Waals surface area (Å²) in [5.41, 5.74) is 2.09. The van der Waals surface area contributed by atoms with E-state index < -0.39 is 24.1 Å². The molecule has 0 radical (unpaired) electrons. The van der Waals surface area contributed by atoms with Gasteiger partial charge in [0.15, 0.2) is 19.0 Å². The third-order valence-corrected chi connectivity index (χ3v) is 4.09. The van der Waals surface area contributed by atoms with E-state index in [1.165, 1.54) is 18.2 Å². The summed E-state index contributed by atoms with van der Waals surface area (Å²) < 4.78 is 12.1. The van der Waals surface area contributed by atoms with Crippen molar-refractivity contribution in [3.05, 3.63) is 57.4 Å². The fourth-order valence-corrected chi connectivity index (χ4v) is 2.78. The van der Waals surface area contributed by atoms with Gasteiger partial charge < -0.3 is 14.0 Å². The third-order valence-electron chi connectivity index (χ3n) is 4.09. The molecule has 0 unspecified atom stereocenters. The van der Waals surface area contributed by atoms with E-state index in [0.29, 0.717) is 5.56 Å². The molecule has 0 spiro atoms. The number of para-hydroxylation sites is 2. The van der Waals surface area contributed by atoms with Crippen molar-refractivity contribution in [2.75, 3.05) is 13.2 Å². The first kappa shape index (κ1) is 20.2. The molecule has 1 heterocycles. The van der Waals surface area contributed by atoms with E-state index in [9.17, 15) is 19.7 Å². The number of esters is 1. The SMILES string of the molecule is CCCn1c(C)cc(C(=O)COC(=O)COc2ccccc2[N+](=O)[O-])c1C. The van der Waals surface area contributed by atoms with Crippen LogP contribution in [0.3, 0.4) is 0 Å². The van der Waals surface area contributed by atoms with Gasteiger partial charge in [-0.15, -0.1) is 0 Å². The summed E-state index contributed by atoms with van der Waals surface area (Å²) in [4.78, 5) is 34.5. The molecule has 0 amide bonds. The van der Waals surface area contributed by atoms with Crippen molar-refractivity contribution in [3.63, 3.8) is 0 Å². The van der Waals surface area contributed by atoms with Gasteiger partial charge in [-0.05, 0) is 32.4 Å². The Balaban J connectivity index is 1.92. The average molecular weight is 374 g/mol. The number of carbonyl (C=O) groups is 2. The van der Waals surface area contributed by atoms with E-state index in [1.807, 2.05) is 18.4 Å². The molecular formula is C19H22N2O6. The van der Waals surface area contributed by atoms with Gasteiger partial charge in [0.25, 0.3) is 0 Å². The van der Waals surface area contributed by atoms with E-state index in [1.54, 1.807) is 12.1 Å². The maximum Gasteiger partial charge on any atom is 0.344 e. The molecule has 144 valence electrons. The fraction of sp³-hybridized carbons (Fsp3) is 0.368. The second-order valence-corrected chi connectivity index (χ2v) is 6.03. The van der Waals surface area contributed by atoms with Gasteiger partial charge >= 0.3 is 11.7 Å². The van der Waals surface area contributed by atoms with E-state index in [0.717, 1.165) is 24.4 Å². The topological polar surface area (TPSA) is 101 Å². The molecule has 0 saturated carbocycles. The lowest BCUT2D eigenvalue weighted by molar-refractivity contribution is -0.385. The minimum Gasteiger partial charge on any atom is -0.475 e. The molecule has 2 rings (SSSR count). The first-order chi connectivity index (χ1) is 12.8. The molecule has 0 saturated heterocycles. The number of ketones is 1. The molecule has 8 nitrogen and oxygen atoms in total. The van der Waals surface area contributed by atoms with Crippen molar-refractivity contribution in [2.24, 2.45) is 0 Å². The Kier molecular flexibility index (Phi) is 6.70. The van der Waals surface area contributed by atoms with E-state index in [4.69, 9.17) is 9.47 Å². The van der Waals surface area contributed by atoms with Crippen LogP contribution >= 0.6 is 0 Å². The molecule has 1 aromatic carbocycles. The molecule has 1 aromatic heterocycles. The van der Waals surface area contributed by atoms with E-state index in [2.05, 4.69) is 6.92 Å². The highest BCUT2D eigenvalue weighted by Gasteiger charge is 2.18. The molecule has 0 atom stereocenters. The zero-order valence-electron chi connectivity index (χ0n) is 15.6. The van der Waals surface area contributed by atoms with Crippen LogP contribution in [0.1, 0.15) is 35.1 Å². The van der Waals surface area contributed by atoms with Gasteiger partial charge in [0.05, 0.1) is 4.92 Å². The maximum atomic E-state index is 12.3. The lowest BCUT2D eigenvalue weighted by Gasteiger charge is -2.08. The van der Waals surface area contributed by atoms with Crippen molar-refractivity contribution >= 4 is 17.4 Å². The Labute approximate surface area is 156 Å². The lowest BCUT2D eigenvalue weighted by Crippen LogP contribution is -2.20. The first-order valence-corrected chi connectivity index (χ1v) is 8.56. The van der Waals surface area contributed by atoms with Crippen LogP contribution in [0.25, 0.3) is 0 Å². The number of nitrogens with zero attached hydrogens (tertiary/aromatic N) is 2. The third kappa shape index (κ3) is 4.93. The van der Waals surface area contributed by atoms with Crippen molar-refractivity contribution < 1.29 is 24.0 Å². The van der Waals surface area contributed by atoms with Crippen LogP contribution in [0.2, 0.25) is 0 Å². The molecule has 0 N–H and O–H groups in total. The van der Waals surface area contributed by atoms with Gasteiger partial charge in [-0.25, -0.2) is 4.79 Å². The monoisotopic (exact) mass is 374 g/mol. The Morgan fingerprint density at radius 3 is 2.56 bits per heavy atom. The van der Waals surface area contributed by atoms with Crippen LogP contribution in [0.4, 0.5) is 5.69 Å². The van der Waals surface area contributed by atoms with E-state index in [-0.39, 0.29) is 17.2 Å². The molecule has 0 aliphatic heterocycles. The average Bonchev–Trinajstić information content (AvgIpc) is 2.93. The van der Waals surface area contributed by atoms with Gasteiger partial charge in [-0.2, -0.15) is 0 Å². The number of rotatable bonds is 9. The van der Waals surface area contributed by atoms with Crippen LogP contribution in [-0.4, -0.2) is 34.5 Å². The van der Waals surface area contributed by atoms with Gasteiger partial charge in [0, 0.05) is 29.6 Å². The summed E-state index contributed by atoms with van der Waals surface area (Å²) in [6.07, 6.45) is 0.946. The Morgan fingerprint density at radius 1 is 1.19 bits per heavy atom. The number of hydrogen-bond acceptors (Lipinski definition) is 6. The fourth-order valence-electron chi connectivity index (χ4n) is 2.78. The predicted molar refractivity (Wildman–Crippen MR) is 98.1 cm³/mol. The first-order valence-electron chi connectivity index (χ1n) is 8.56. The number of benzene rings is 1. The number of Topliss-reactive ketones (excluding diaryl/α,β-unsaturated/α-hetero) is 1. The molecule has 8 heteroatoms. The summed E-state index contributed by atoms with van der Waals surface area (Å²) in [6.45, 7) is 5.72. The van der Waals surface area contributed by atoms with Gasteiger partial charge in [0.2, 0.25) is 5.78 Å². The summed E-state index contributed by atoms with van der Waals surface area (Å²) >= 11 is 0. The largest absolute Gasteiger partial charge is 0.475 e. The molecule has 0 aliphatic carbocycles. The highest BCUT2D eigenvalue weighted by atomic mass is 16.6. The number of aryl methyl sites for hydroxylation is 1. The molecule has 2 aromatic rings. The van der Waals surface area contributed by atoms with Crippen LogP contribution in [0, 0.1) is 24.0 Å². The quantitative estimate of drug-likeness (QED) is 0.289. The van der Waals surface area contributed by atoms with Crippen molar-refractivity contribution in [1.29, 1.82) is 0 Å². The number of nitro benzene ring substituents is 1. The van der Waals surface area contributed by atoms with E-state index >= 15 is 0 Å². The van der Waals surface area contributed by atoms with Crippen LogP contribution in [0.5, 0.6) is 5.75 Å². The smallest absolute Gasteiger partial charge is 0.344 e. The number of nitro groups is 1. The summed E-state index contributed by atoms with van der Waals surface area (Å²) in [6, 6.07) is 7.50. The zero-order valence-corrected chi connectivity index (χ0v) is 15.6. The molecule has 27 heavy (non-hydrogen) atoms. The molecule has 0 fully saturated rings. The Bertz CT molecular complexity index is 856. The van der Waals surface area contributed by atoms with Gasteiger partial charge in [0.1, 0.15) is 0 Å². The predicted octanol–water partition coefficient (Wildman–Crippen LogP) is 3.23. The zero-order chi connectivity index (χ0) is 20.0. The number of aromatic nitrogens is 1. The molecule has 0 bridgehead atoms. The van der Waals surface area contributed by atoms with Crippen LogP contribution in [-0.2, 0) is 16.1 Å². The van der Waals surface area contributed by atoms with Crippen LogP contribution in [0.15, 0.2) is 30.3 Å². The summed E-state index contributed by atoms with van der Waals surface area (Å²) in [5, 5.41) is 10.9. The maximum absolute atomic E-state index is 12.3. The molecule has 0 aliphatic rings. The highest BCUT2D eigenvalue weighted by Crippen LogP contribution is 2.25. The summed E-state index contributed by atoms with van der Waals surface area (Å²) in [7, 11) is 0. The standard InChI is InChI=1S/C19H22N2O6/c1-4-9-20-13(2)10-15(14(20)3)17(22)11-27-19(23)12-26-18-8-6-5-7-16(18)21(24)25/h5-8,10H,4,9,11-12H2,1-3H3. The minimum atomic E-state index is -0.774. The van der Waals surface area contributed by atoms with Crippen molar-refractivity contribution in [1.82, 2.24) is 4.57 Å². The highest BCUT2D eigenvalue weighted by molar-refractivity contribution is 5.99. The number of hydrogen-bond donors (Lipinski definition) is 0. The minimum absolute atomic E-state index is 0.0334. The second kappa shape index (κ2) is 8.98. The lowest BCUT2D eigenvalue weighted by atomic mass is 10.1. The Morgan fingerprint density at radius 2 is 1.89 bits per heavy atom. The number of ether oxygens (including phenoxy) is 2. The number of carbonyl (C=O) groups excluding carboxylic acids is 2. The van der Waals surface area contributed by atoms with Crippen LogP contribution < -0.4 is 4.74 Å². The summed E-state index contributed by atoms with van der Waals surface area (Å²) in [5.74, 6) is -1.11. The second-order valence-electron chi connectivity index (χ2n) is 6.03. The van der Waals surface area contributed by atoms with Gasteiger partial charge in [-0.3, -0.25) is 14.9 Å². The van der Waals surface area contributed by atoms with Crippen molar-refractivity contribution in [2.45, 2.75) is 33.7 Å².